The lowest BCUT2D eigenvalue weighted by atomic mass is 10.1. The molecule has 4 nitrogen and oxygen atoms in total. The van der Waals surface area contributed by atoms with Gasteiger partial charge in [0, 0.05) is 23.0 Å². The summed E-state index contributed by atoms with van der Waals surface area (Å²) in [4.78, 5) is 12.1. The van der Waals surface area contributed by atoms with Gasteiger partial charge < -0.3 is 16.0 Å². The summed E-state index contributed by atoms with van der Waals surface area (Å²) in [5.74, 6) is 0. The van der Waals surface area contributed by atoms with Crippen LogP contribution in [0.25, 0.3) is 0 Å². The number of nitrogens with one attached hydrogen (secondary N) is 3. The molecule has 0 spiro atoms. The van der Waals surface area contributed by atoms with Crippen molar-refractivity contribution < 1.29 is 4.79 Å². The fourth-order valence-corrected chi connectivity index (χ4v) is 3.49. The van der Waals surface area contributed by atoms with Crippen molar-refractivity contribution in [2.45, 2.75) is 43.5 Å². The molecule has 1 aromatic carbocycles. The first-order chi connectivity index (χ1) is 10.1. The van der Waals surface area contributed by atoms with Gasteiger partial charge in [-0.15, -0.1) is 0 Å². The average Bonchev–Trinajstić information content (AvgIpc) is 2.94. The van der Waals surface area contributed by atoms with Crippen molar-refractivity contribution in [2.75, 3.05) is 18.6 Å². The number of urea groups is 1. The fraction of sp³-hybridized carbons (Fsp3) is 0.562. The molecule has 0 bridgehead atoms. The van der Waals surface area contributed by atoms with Crippen molar-refractivity contribution in [3.05, 3.63) is 29.8 Å². The Bertz CT molecular complexity index is 480. The van der Waals surface area contributed by atoms with Crippen molar-refractivity contribution in [3.8, 4) is 0 Å². The maximum absolute atomic E-state index is 12.1. The molecule has 3 N–H and O–H groups in total. The lowest BCUT2D eigenvalue weighted by Crippen LogP contribution is -2.36. The Kier molecular flexibility index (Phi) is 5.94. The van der Waals surface area contributed by atoms with Gasteiger partial charge in [0.2, 0.25) is 0 Å². The number of hydrogen-bond acceptors (Lipinski definition) is 3. The van der Waals surface area contributed by atoms with E-state index in [0.29, 0.717) is 11.3 Å². The van der Waals surface area contributed by atoms with Crippen LogP contribution in [0, 0.1) is 0 Å². The van der Waals surface area contributed by atoms with Gasteiger partial charge in [-0.3, -0.25) is 0 Å². The molecule has 1 aliphatic carbocycles. The van der Waals surface area contributed by atoms with Crippen LogP contribution in [0.5, 0.6) is 0 Å². The zero-order chi connectivity index (χ0) is 15.2. The predicted molar refractivity (Wildman–Crippen MR) is 91.0 cm³/mol. The third kappa shape index (κ3) is 4.64. The summed E-state index contributed by atoms with van der Waals surface area (Å²) in [6.07, 6.45) is 5.49. The van der Waals surface area contributed by atoms with Crippen LogP contribution < -0.4 is 16.0 Å². The second kappa shape index (κ2) is 7.71. The SMILES string of the molecule is CNC(C)c1cccc(NC(=O)NC2CCC(SC)C2)c1. The Hall–Kier alpha value is -1.20. The van der Waals surface area contributed by atoms with E-state index in [0.717, 1.165) is 18.5 Å². The van der Waals surface area contributed by atoms with Gasteiger partial charge in [0.15, 0.2) is 0 Å². The first kappa shape index (κ1) is 16.2. The largest absolute Gasteiger partial charge is 0.335 e. The second-order valence-electron chi connectivity index (χ2n) is 5.60. The zero-order valence-corrected chi connectivity index (χ0v) is 13.8. The summed E-state index contributed by atoms with van der Waals surface area (Å²) in [5, 5.41) is 9.90. The average molecular weight is 307 g/mol. The van der Waals surface area contributed by atoms with Gasteiger partial charge in [-0.05, 0) is 57.2 Å². The van der Waals surface area contributed by atoms with Crippen LogP contribution in [-0.2, 0) is 0 Å². The molecule has 1 saturated carbocycles. The number of amides is 2. The number of hydrogen-bond donors (Lipinski definition) is 3. The topological polar surface area (TPSA) is 53.2 Å². The van der Waals surface area contributed by atoms with Crippen molar-refractivity contribution in [2.24, 2.45) is 0 Å². The van der Waals surface area contributed by atoms with Crippen LogP contribution in [0.2, 0.25) is 0 Å². The second-order valence-corrected chi connectivity index (χ2v) is 6.74. The van der Waals surface area contributed by atoms with Gasteiger partial charge in [-0.2, -0.15) is 11.8 Å². The minimum absolute atomic E-state index is 0.101. The van der Waals surface area contributed by atoms with E-state index >= 15 is 0 Å². The number of rotatable bonds is 5. The first-order valence-corrected chi connectivity index (χ1v) is 8.78. The number of carbonyl (C=O) groups excluding carboxylic acids is 1. The third-order valence-electron chi connectivity index (χ3n) is 4.13. The molecule has 1 fully saturated rings. The molecule has 1 aromatic rings. The molecular weight excluding hydrogens is 282 g/mol. The lowest BCUT2D eigenvalue weighted by molar-refractivity contribution is 0.248. The fourth-order valence-electron chi connectivity index (χ4n) is 2.69. The molecule has 5 heteroatoms. The van der Waals surface area contributed by atoms with E-state index in [1.54, 1.807) is 0 Å². The molecule has 116 valence electrons. The minimum Gasteiger partial charge on any atom is -0.335 e. The molecule has 2 rings (SSSR count). The molecule has 3 atom stereocenters. The molecule has 0 heterocycles. The molecule has 0 aliphatic heterocycles. The van der Waals surface area contributed by atoms with E-state index in [4.69, 9.17) is 0 Å². The molecule has 0 saturated heterocycles. The lowest BCUT2D eigenvalue weighted by Gasteiger charge is -2.15. The quantitative estimate of drug-likeness (QED) is 0.782. The molecule has 3 unspecified atom stereocenters. The summed E-state index contributed by atoms with van der Waals surface area (Å²) in [6.45, 7) is 2.10. The highest BCUT2D eigenvalue weighted by molar-refractivity contribution is 7.99. The maximum atomic E-state index is 12.1. The smallest absolute Gasteiger partial charge is 0.319 e. The third-order valence-corrected chi connectivity index (χ3v) is 5.23. The van der Waals surface area contributed by atoms with Gasteiger partial charge in [-0.1, -0.05) is 12.1 Å². The van der Waals surface area contributed by atoms with Crippen molar-refractivity contribution >= 4 is 23.5 Å². The van der Waals surface area contributed by atoms with E-state index in [1.165, 1.54) is 12.0 Å². The Morgan fingerprint density at radius 3 is 2.86 bits per heavy atom. The van der Waals surface area contributed by atoms with Crippen LogP contribution in [0.3, 0.4) is 0 Å². The van der Waals surface area contributed by atoms with Crippen molar-refractivity contribution in [1.29, 1.82) is 0 Å². The highest BCUT2D eigenvalue weighted by atomic mass is 32.2. The highest BCUT2D eigenvalue weighted by Crippen LogP contribution is 2.28. The zero-order valence-electron chi connectivity index (χ0n) is 13.0. The van der Waals surface area contributed by atoms with E-state index in [1.807, 2.05) is 37.0 Å². The molecule has 1 aliphatic rings. The summed E-state index contributed by atoms with van der Waals surface area (Å²) in [5.41, 5.74) is 2.00. The molecule has 2 amide bonds. The van der Waals surface area contributed by atoms with Gasteiger partial charge in [0.05, 0.1) is 0 Å². The van der Waals surface area contributed by atoms with Gasteiger partial charge in [-0.25, -0.2) is 4.79 Å². The van der Waals surface area contributed by atoms with Gasteiger partial charge in [0.25, 0.3) is 0 Å². The number of thioether (sulfide) groups is 1. The summed E-state index contributed by atoms with van der Waals surface area (Å²) < 4.78 is 0. The van der Waals surface area contributed by atoms with Crippen LogP contribution in [0.15, 0.2) is 24.3 Å². The number of carbonyl (C=O) groups is 1. The molecule has 0 radical (unpaired) electrons. The van der Waals surface area contributed by atoms with Gasteiger partial charge in [0.1, 0.15) is 0 Å². The van der Waals surface area contributed by atoms with E-state index in [9.17, 15) is 4.79 Å². The predicted octanol–water partition coefficient (Wildman–Crippen LogP) is 3.37. The Morgan fingerprint density at radius 1 is 1.38 bits per heavy atom. The Balaban J connectivity index is 1.88. The Labute approximate surface area is 131 Å². The molecule has 21 heavy (non-hydrogen) atoms. The maximum Gasteiger partial charge on any atom is 0.319 e. The summed E-state index contributed by atoms with van der Waals surface area (Å²) >= 11 is 1.90. The molecular formula is C16H25N3OS. The minimum atomic E-state index is -0.101. The molecule has 0 aromatic heterocycles. The normalized spacial score (nSPS) is 22.8. The van der Waals surface area contributed by atoms with E-state index < -0.39 is 0 Å². The van der Waals surface area contributed by atoms with Crippen LogP contribution in [0.1, 0.15) is 37.8 Å². The van der Waals surface area contributed by atoms with Crippen molar-refractivity contribution in [3.63, 3.8) is 0 Å². The standard InChI is InChI=1S/C16H25N3OS/c1-11(17-2)12-5-4-6-13(9-12)18-16(20)19-14-7-8-15(10-14)21-3/h4-6,9,11,14-15,17H,7-8,10H2,1-3H3,(H2,18,19,20). The van der Waals surface area contributed by atoms with Crippen molar-refractivity contribution in [1.82, 2.24) is 10.6 Å². The number of anilines is 1. The number of benzene rings is 1. The monoisotopic (exact) mass is 307 g/mol. The summed E-state index contributed by atoms with van der Waals surface area (Å²) in [7, 11) is 1.93. The Morgan fingerprint density at radius 2 is 2.19 bits per heavy atom. The van der Waals surface area contributed by atoms with Crippen LogP contribution in [0.4, 0.5) is 10.5 Å². The van der Waals surface area contributed by atoms with E-state index in [2.05, 4.69) is 35.2 Å². The van der Waals surface area contributed by atoms with E-state index in [-0.39, 0.29) is 12.1 Å². The first-order valence-electron chi connectivity index (χ1n) is 7.50. The summed E-state index contributed by atoms with van der Waals surface area (Å²) in [6, 6.07) is 8.44. The highest BCUT2D eigenvalue weighted by Gasteiger charge is 2.25. The van der Waals surface area contributed by atoms with Crippen LogP contribution in [-0.4, -0.2) is 30.6 Å². The van der Waals surface area contributed by atoms with Gasteiger partial charge >= 0.3 is 6.03 Å². The van der Waals surface area contributed by atoms with Crippen LogP contribution >= 0.6 is 11.8 Å².